The Morgan fingerprint density at radius 1 is 0.793 bits per heavy atom. The van der Waals surface area contributed by atoms with Gasteiger partial charge in [0.05, 0.1) is 17.1 Å². The second-order valence-electron chi connectivity index (χ2n) is 7.57. The molecule has 1 N–H and O–H groups in total. The van der Waals surface area contributed by atoms with Crippen LogP contribution in [0.3, 0.4) is 0 Å². The zero-order valence-electron chi connectivity index (χ0n) is 18.4. The van der Waals surface area contributed by atoms with Crippen molar-refractivity contribution >= 4 is 5.82 Å². The Morgan fingerprint density at radius 2 is 1.48 bits per heavy atom. The Kier molecular flexibility index (Phi) is 7.03. The summed E-state index contributed by atoms with van der Waals surface area (Å²) >= 11 is 0. The standard InChI is InChI=1S/C26H33N3/c1-6-21(7-2)27-26-24(9-4)28-25(23(8-3)29-26)22-16-15-20(17-18(22)5)19-13-11-10-12-14-19/h10-17,21H,6-9H2,1-5H3,(H,27,29). The van der Waals surface area contributed by atoms with Gasteiger partial charge in [0.15, 0.2) is 0 Å². The zero-order chi connectivity index (χ0) is 20.8. The Morgan fingerprint density at radius 3 is 2.07 bits per heavy atom. The van der Waals surface area contributed by atoms with E-state index in [1.54, 1.807) is 0 Å². The highest BCUT2D eigenvalue weighted by atomic mass is 15.0. The van der Waals surface area contributed by atoms with Crippen LogP contribution in [0.5, 0.6) is 0 Å². The van der Waals surface area contributed by atoms with E-state index in [9.17, 15) is 0 Å². The SMILES string of the molecule is CCc1nc(-c2ccc(-c3ccccc3)cc2C)c(CC)nc1NC(CC)CC. The molecule has 0 amide bonds. The molecule has 0 aliphatic heterocycles. The zero-order valence-corrected chi connectivity index (χ0v) is 18.4. The molecule has 0 atom stereocenters. The number of aromatic nitrogens is 2. The summed E-state index contributed by atoms with van der Waals surface area (Å²) in [4.78, 5) is 10.1. The summed E-state index contributed by atoms with van der Waals surface area (Å²) in [6.07, 6.45) is 3.91. The number of rotatable bonds is 8. The van der Waals surface area contributed by atoms with Crippen molar-refractivity contribution in [1.29, 1.82) is 0 Å². The Labute approximate surface area is 175 Å². The molecule has 29 heavy (non-hydrogen) atoms. The lowest BCUT2D eigenvalue weighted by atomic mass is 9.97. The number of benzene rings is 2. The summed E-state index contributed by atoms with van der Waals surface area (Å²) in [7, 11) is 0. The molecule has 152 valence electrons. The first-order valence-electron chi connectivity index (χ1n) is 10.9. The highest BCUT2D eigenvalue weighted by Crippen LogP contribution is 2.31. The van der Waals surface area contributed by atoms with E-state index in [1.807, 2.05) is 0 Å². The molecule has 0 radical (unpaired) electrons. The molecule has 0 unspecified atom stereocenters. The molecule has 0 aliphatic rings. The van der Waals surface area contributed by atoms with Crippen molar-refractivity contribution in [1.82, 2.24) is 9.97 Å². The fourth-order valence-electron chi connectivity index (χ4n) is 3.75. The van der Waals surface area contributed by atoms with Crippen molar-refractivity contribution in [2.75, 3.05) is 5.32 Å². The summed E-state index contributed by atoms with van der Waals surface area (Å²) in [6, 6.07) is 17.6. The fraction of sp³-hybridized carbons (Fsp3) is 0.385. The number of nitrogens with one attached hydrogen (secondary N) is 1. The number of nitrogens with zero attached hydrogens (tertiary/aromatic N) is 2. The van der Waals surface area contributed by atoms with Gasteiger partial charge in [-0.25, -0.2) is 9.97 Å². The third kappa shape index (κ3) is 4.67. The van der Waals surface area contributed by atoms with Gasteiger partial charge in [-0.15, -0.1) is 0 Å². The Balaban J connectivity index is 2.04. The molecule has 2 aromatic carbocycles. The lowest BCUT2D eigenvalue weighted by Crippen LogP contribution is -2.20. The predicted molar refractivity (Wildman–Crippen MR) is 124 cm³/mol. The van der Waals surface area contributed by atoms with Gasteiger partial charge in [-0.1, -0.05) is 76.2 Å². The van der Waals surface area contributed by atoms with Crippen LogP contribution in [0.1, 0.15) is 57.5 Å². The van der Waals surface area contributed by atoms with Crippen molar-refractivity contribution in [2.45, 2.75) is 66.3 Å². The van der Waals surface area contributed by atoms with Gasteiger partial charge in [0.25, 0.3) is 0 Å². The van der Waals surface area contributed by atoms with Crippen LogP contribution in [0.25, 0.3) is 22.4 Å². The molecule has 3 aromatic rings. The van der Waals surface area contributed by atoms with Crippen LogP contribution < -0.4 is 5.32 Å². The minimum absolute atomic E-state index is 0.442. The quantitative estimate of drug-likeness (QED) is 0.459. The third-order valence-electron chi connectivity index (χ3n) is 5.63. The molecule has 3 heteroatoms. The maximum absolute atomic E-state index is 5.09. The molecule has 1 heterocycles. The summed E-state index contributed by atoms with van der Waals surface area (Å²) in [5, 5.41) is 3.62. The first-order valence-corrected chi connectivity index (χ1v) is 10.9. The molecule has 3 nitrogen and oxygen atoms in total. The number of anilines is 1. The van der Waals surface area contributed by atoms with Gasteiger partial charge in [-0.2, -0.15) is 0 Å². The first-order chi connectivity index (χ1) is 14.1. The van der Waals surface area contributed by atoms with Crippen molar-refractivity contribution in [3.63, 3.8) is 0 Å². The average molecular weight is 388 g/mol. The van der Waals surface area contributed by atoms with Crippen molar-refractivity contribution < 1.29 is 0 Å². The second-order valence-corrected chi connectivity index (χ2v) is 7.57. The van der Waals surface area contributed by atoms with E-state index in [-0.39, 0.29) is 0 Å². The number of hydrogen-bond donors (Lipinski definition) is 1. The number of hydrogen-bond acceptors (Lipinski definition) is 3. The average Bonchev–Trinajstić information content (AvgIpc) is 2.77. The fourth-order valence-corrected chi connectivity index (χ4v) is 3.75. The van der Waals surface area contributed by atoms with Crippen LogP contribution in [-0.4, -0.2) is 16.0 Å². The lowest BCUT2D eigenvalue weighted by Gasteiger charge is -2.20. The van der Waals surface area contributed by atoms with Gasteiger partial charge in [0.2, 0.25) is 0 Å². The predicted octanol–water partition coefficient (Wildman–Crippen LogP) is 6.84. The van der Waals surface area contributed by atoms with E-state index in [2.05, 4.69) is 88.5 Å². The van der Waals surface area contributed by atoms with E-state index < -0.39 is 0 Å². The largest absolute Gasteiger partial charge is 0.366 e. The van der Waals surface area contributed by atoms with Gasteiger partial charge < -0.3 is 5.32 Å². The molecule has 0 aliphatic carbocycles. The van der Waals surface area contributed by atoms with Crippen molar-refractivity contribution in [3.05, 3.63) is 65.5 Å². The maximum Gasteiger partial charge on any atom is 0.148 e. The van der Waals surface area contributed by atoms with Gasteiger partial charge in [0.1, 0.15) is 5.82 Å². The van der Waals surface area contributed by atoms with Crippen LogP contribution in [0.4, 0.5) is 5.82 Å². The molecular weight excluding hydrogens is 354 g/mol. The molecule has 1 aromatic heterocycles. The normalized spacial score (nSPS) is 11.1. The van der Waals surface area contributed by atoms with Crippen molar-refractivity contribution in [2.24, 2.45) is 0 Å². The van der Waals surface area contributed by atoms with Gasteiger partial charge in [0, 0.05) is 11.6 Å². The van der Waals surface area contributed by atoms with E-state index >= 15 is 0 Å². The monoisotopic (exact) mass is 387 g/mol. The summed E-state index contributed by atoms with van der Waals surface area (Å²) in [5.74, 6) is 0.959. The van der Waals surface area contributed by atoms with E-state index in [4.69, 9.17) is 9.97 Å². The van der Waals surface area contributed by atoms with Crippen LogP contribution >= 0.6 is 0 Å². The van der Waals surface area contributed by atoms with Crippen LogP contribution in [0.15, 0.2) is 48.5 Å². The Hall–Kier alpha value is -2.68. The van der Waals surface area contributed by atoms with Crippen molar-refractivity contribution in [3.8, 4) is 22.4 Å². The minimum Gasteiger partial charge on any atom is -0.366 e. The first kappa shape index (κ1) is 21.0. The molecule has 0 spiro atoms. The van der Waals surface area contributed by atoms with E-state index in [1.165, 1.54) is 22.3 Å². The maximum atomic E-state index is 5.09. The van der Waals surface area contributed by atoms with Crippen LogP contribution in [0, 0.1) is 6.92 Å². The minimum atomic E-state index is 0.442. The highest BCUT2D eigenvalue weighted by Gasteiger charge is 2.17. The smallest absolute Gasteiger partial charge is 0.148 e. The second kappa shape index (κ2) is 9.69. The summed E-state index contributed by atoms with van der Waals surface area (Å²) < 4.78 is 0. The van der Waals surface area contributed by atoms with Crippen LogP contribution in [-0.2, 0) is 12.8 Å². The molecule has 0 saturated heterocycles. The summed E-state index contributed by atoms with van der Waals surface area (Å²) in [5.41, 5.74) is 8.03. The van der Waals surface area contributed by atoms with Gasteiger partial charge in [-0.05, 0) is 49.3 Å². The molecule has 0 saturated carbocycles. The van der Waals surface area contributed by atoms with Gasteiger partial charge >= 0.3 is 0 Å². The lowest BCUT2D eigenvalue weighted by molar-refractivity contribution is 0.665. The molecule has 3 rings (SSSR count). The van der Waals surface area contributed by atoms with E-state index in [0.717, 1.165) is 48.6 Å². The van der Waals surface area contributed by atoms with Gasteiger partial charge in [-0.3, -0.25) is 0 Å². The highest BCUT2D eigenvalue weighted by molar-refractivity contribution is 5.73. The summed E-state index contributed by atoms with van der Waals surface area (Å²) in [6.45, 7) is 10.9. The Bertz CT molecular complexity index is 944. The molecule has 0 bridgehead atoms. The molecule has 0 fully saturated rings. The molecular formula is C26H33N3. The van der Waals surface area contributed by atoms with E-state index in [0.29, 0.717) is 6.04 Å². The van der Waals surface area contributed by atoms with Crippen LogP contribution in [0.2, 0.25) is 0 Å². The number of aryl methyl sites for hydroxylation is 3. The third-order valence-corrected chi connectivity index (χ3v) is 5.63. The topological polar surface area (TPSA) is 37.8 Å².